The zero-order chi connectivity index (χ0) is 17.4. The van der Waals surface area contributed by atoms with Gasteiger partial charge in [0.2, 0.25) is 5.88 Å². The molecule has 1 fully saturated rings. The zero-order valence-electron chi connectivity index (χ0n) is 14.3. The minimum absolute atomic E-state index is 0.133. The lowest BCUT2D eigenvalue weighted by atomic mass is 10.1. The highest BCUT2D eigenvalue weighted by molar-refractivity contribution is 5.91. The maximum absolute atomic E-state index is 12.6. The number of nitrogens with zero attached hydrogens (tertiary/aromatic N) is 3. The van der Waals surface area contributed by atoms with Crippen molar-refractivity contribution in [1.29, 1.82) is 0 Å². The molecule has 0 amide bonds. The Balaban J connectivity index is 2.19. The predicted molar refractivity (Wildman–Crippen MR) is 88.5 cm³/mol. The number of carbonyl (C=O) groups excluding carboxylic acids is 1. The van der Waals surface area contributed by atoms with Crippen LogP contribution >= 0.6 is 0 Å². The molecular formula is C17H23N3O4. The molecule has 0 unspecified atom stereocenters. The Kier molecular flexibility index (Phi) is 4.34. The molecule has 1 saturated carbocycles. The molecule has 2 heterocycles. The summed E-state index contributed by atoms with van der Waals surface area (Å²) in [4.78, 5) is 24.8. The summed E-state index contributed by atoms with van der Waals surface area (Å²) in [5.74, 6) is -0.366. The third kappa shape index (κ3) is 2.90. The lowest BCUT2D eigenvalue weighted by Crippen LogP contribution is -2.27. The first-order chi connectivity index (χ1) is 11.4. The van der Waals surface area contributed by atoms with Crippen molar-refractivity contribution in [2.45, 2.75) is 52.5 Å². The van der Waals surface area contributed by atoms with Crippen LogP contribution in [0.2, 0.25) is 0 Å². The van der Waals surface area contributed by atoms with Gasteiger partial charge in [0, 0.05) is 18.5 Å². The number of carbonyl (C=O) groups is 1. The fourth-order valence-corrected chi connectivity index (χ4v) is 2.74. The van der Waals surface area contributed by atoms with Gasteiger partial charge in [-0.05, 0) is 32.1 Å². The number of ether oxygens (including phenoxy) is 1. The number of hydrogen-bond donors (Lipinski definition) is 1. The molecule has 2 aromatic heterocycles. The van der Waals surface area contributed by atoms with Crippen molar-refractivity contribution in [2.75, 3.05) is 6.61 Å². The van der Waals surface area contributed by atoms with Gasteiger partial charge in [-0.3, -0.25) is 9.36 Å². The van der Waals surface area contributed by atoms with Crippen LogP contribution in [0, 0.1) is 5.92 Å². The first-order valence-electron chi connectivity index (χ1n) is 8.46. The summed E-state index contributed by atoms with van der Waals surface area (Å²) in [6.45, 7) is 6.44. The first kappa shape index (κ1) is 16.5. The van der Waals surface area contributed by atoms with E-state index in [-0.39, 0.29) is 18.1 Å². The van der Waals surface area contributed by atoms with Gasteiger partial charge < -0.3 is 9.84 Å². The van der Waals surface area contributed by atoms with Crippen molar-refractivity contribution >= 4 is 11.6 Å². The molecule has 1 aliphatic carbocycles. The second-order valence-corrected chi connectivity index (χ2v) is 6.67. The summed E-state index contributed by atoms with van der Waals surface area (Å²) in [6, 6.07) is 1.84. The number of fused-ring (bicyclic) bond motifs is 1. The van der Waals surface area contributed by atoms with Gasteiger partial charge in [-0.2, -0.15) is 9.61 Å². The smallest absolute Gasteiger partial charge is 0.349 e. The molecule has 130 valence electrons. The number of aromatic hydroxyl groups is 1. The van der Waals surface area contributed by atoms with E-state index in [4.69, 9.17) is 4.74 Å². The molecule has 0 saturated heterocycles. The van der Waals surface area contributed by atoms with E-state index in [1.54, 1.807) is 11.5 Å². The Hall–Kier alpha value is -2.31. The van der Waals surface area contributed by atoms with Gasteiger partial charge in [0.1, 0.15) is 5.65 Å². The molecule has 24 heavy (non-hydrogen) atoms. The highest BCUT2D eigenvalue weighted by atomic mass is 16.5. The average Bonchev–Trinajstić information content (AvgIpc) is 3.27. The monoisotopic (exact) mass is 333 g/mol. The Morgan fingerprint density at radius 3 is 2.75 bits per heavy atom. The van der Waals surface area contributed by atoms with Crippen molar-refractivity contribution in [3.8, 4) is 5.88 Å². The second-order valence-electron chi connectivity index (χ2n) is 6.67. The highest BCUT2D eigenvalue weighted by Gasteiger charge is 2.30. The highest BCUT2D eigenvalue weighted by Crippen LogP contribution is 2.39. The van der Waals surface area contributed by atoms with Crippen LogP contribution in [0.3, 0.4) is 0 Å². The molecule has 0 radical (unpaired) electrons. The minimum atomic E-state index is -0.816. The Morgan fingerprint density at radius 1 is 1.46 bits per heavy atom. The standard InChI is InChI=1S/C17H23N3O4/c1-4-24-17(23)14-15(21)19(8-7-10(2)3)13-9-12(11-5-6-11)18-20(13)16(14)22/h9-11,21H,4-8H2,1-3H3. The van der Waals surface area contributed by atoms with Gasteiger partial charge in [0.15, 0.2) is 5.56 Å². The second kappa shape index (κ2) is 6.30. The summed E-state index contributed by atoms with van der Waals surface area (Å²) in [5, 5.41) is 14.9. The summed E-state index contributed by atoms with van der Waals surface area (Å²) < 4.78 is 7.74. The van der Waals surface area contributed by atoms with Gasteiger partial charge in [-0.1, -0.05) is 13.8 Å². The largest absolute Gasteiger partial charge is 0.494 e. The molecule has 0 spiro atoms. The van der Waals surface area contributed by atoms with E-state index >= 15 is 0 Å². The first-order valence-corrected chi connectivity index (χ1v) is 8.46. The molecule has 2 aromatic rings. The fraction of sp³-hybridized carbons (Fsp3) is 0.588. The fourth-order valence-electron chi connectivity index (χ4n) is 2.74. The lowest BCUT2D eigenvalue weighted by Gasteiger charge is -2.15. The zero-order valence-corrected chi connectivity index (χ0v) is 14.3. The minimum Gasteiger partial charge on any atom is -0.494 e. The van der Waals surface area contributed by atoms with Gasteiger partial charge in [-0.25, -0.2) is 4.79 Å². The predicted octanol–water partition coefficient (Wildman–Crippen LogP) is 2.30. The normalized spacial score (nSPS) is 14.5. The van der Waals surface area contributed by atoms with Crippen LogP contribution in [0.1, 0.15) is 62.0 Å². The van der Waals surface area contributed by atoms with Crippen LogP contribution in [0.25, 0.3) is 5.65 Å². The molecular weight excluding hydrogens is 310 g/mol. The molecule has 3 rings (SSSR count). The van der Waals surface area contributed by atoms with E-state index in [0.717, 1.165) is 25.0 Å². The Bertz CT molecular complexity index is 830. The molecule has 1 N–H and O–H groups in total. The molecule has 0 aromatic carbocycles. The van der Waals surface area contributed by atoms with Crippen molar-refractivity contribution in [3.63, 3.8) is 0 Å². The van der Waals surface area contributed by atoms with E-state index in [1.807, 2.05) is 6.07 Å². The van der Waals surface area contributed by atoms with Crippen molar-refractivity contribution < 1.29 is 14.6 Å². The summed E-state index contributed by atoms with van der Waals surface area (Å²) >= 11 is 0. The maximum Gasteiger partial charge on any atom is 0.349 e. The summed E-state index contributed by atoms with van der Waals surface area (Å²) in [5.41, 5.74) is 0.381. The van der Waals surface area contributed by atoms with Crippen LogP contribution < -0.4 is 5.56 Å². The van der Waals surface area contributed by atoms with Gasteiger partial charge in [0.25, 0.3) is 5.56 Å². The molecule has 0 aliphatic heterocycles. The Morgan fingerprint density at radius 2 is 2.17 bits per heavy atom. The number of aromatic nitrogens is 3. The van der Waals surface area contributed by atoms with Crippen LogP contribution in [-0.4, -0.2) is 31.9 Å². The van der Waals surface area contributed by atoms with Crippen LogP contribution in [0.15, 0.2) is 10.9 Å². The van der Waals surface area contributed by atoms with Crippen molar-refractivity contribution in [2.24, 2.45) is 5.92 Å². The van der Waals surface area contributed by atoms with E-state index in [1.165, 1.54) is 4.52 Å². The Labute approximate surface area is 139 Å². The van der Waals surface area contributed by atoms with Gasteiger partial charge in [-0.15, -0.1) is 0 Å². The molecule has 7 nitrogen and oxygen atoms in total. The number of aryl methyl sites for hydroxylation is 1. The third-order valence-electron chi connectivity index (χ3n) is 4.28. The van der Waals surface area contributed by atoms with Crippen LogP contribution in [-0.2, 0) is 11.3 Å². The summed E-state index contributed by atoms with van der Waals surface area (Å²) in [6.07, 6.45) is 2.92. The van der Waals surface area contributed by atoms with Gasteiger partial charge in [0.05, 0.1) is 12.3 Å². The number of esters is 1. The average molecular weight is 333 g/mol. The van der Waals surface area contributed by atoms with E-state index in [2.05, 4.69) is 18.9 Å². The molecule has 0 atom stereocenters. The topological polar surface area (TPSA) is 85.8 Å². The molecule has 1 aliphatic rings. The lowest BCUT2D eigenvalue weighted by molar-refractivity contribution is 0.0518. The maximum atomic E-state index is 12.6. The third-order valence-corrected chi connectivity index (χ3v) is 4.28. The van der Waals surface area contributed by atoms with Crippen LogP contribution in [0.5, 0.6) is 5.88 Å². The number of hydrogen-bond acceptors (Lipinski definition) is 5. The van der Waals surface area contributed by atoms with Gasteiger partial charge >= 0.3 is 5.97 Å². The SMILES string of the molecule is CCOC(=O)c1c(O)n(CCC(C)C)c2cc(C3CC3)nn2c1=O. The van der Waals surface area contributed by atoms with Crippen LogP contribution in [0.4, 0.5) is 0 Å². The van der Waals surface area contributed by atoms with E-state index in [9.17, 15) is 14.7 Å². The molecule has 0 bridgehead atoms. The molecule has 7 heteroatoms. The van der Waals surface area contributed by atoms with Crippen molar-refractivity contribution in [1.82, 2.24) is 14.2 Å². The summed E-state index contributed by atoms with van der Waals surface area (Å²) in [7, 11) is 0. The quantitative estimate of drug-likeness (QED) is 0.820. The van der Waals surface area contributed by atoms with E-state index in [0.29, 0.717) is 24.0 Å². The number of rotatable bonds is 6. The van der Waals surface area contributed by atoms with E-state index < -0.39 is 11.5 Å². The van der Waals surface area contributed by atoms with Crippen molar-refractivity contribution in [3.05, 3.63) is 27.7 Å².